The van der Waals surface area contributed by atoms with Crippen molar-refractivity contribution in [2.45, 2.75) is 39.0 Å². The van der Waals surface area contributed by atoms with Crippen LogP contribution in [0.25, 0.3) is 11.2 Å². The van der Waals surface area contributed by atoms with E-state index < -0.39 is 26.2 Å². The summed E-state index contributed by atoms with van der Waals surface area (Å²) in [6, 6.07) is 0. The van der Waals surface area contributed by atoms with Crippen molar-refractivity contribution in [1.29, 1.82) is 0 Å². The Labute approximate surface area is 149 Å². The maximum absolute atomic E-state index is 13.3. The lowest BCUT2D eigenvalue weighted by Crippen LogP contribution is -2.16. The molecule has 1 saturated heterocycles. The van der Waals surface area contributed by atoms with E-state index in [1.54, 1.807) is 0 Å². The van der Waals surface area contributed by atoms with Crippen molar-refractivity contribution in [3.63, 3.8) is 0 Å². The molecule has 26 heavy (non-hydrogen) atoms. The molecule has 2 aromatic heterocycles. The van der Waals surface area contributed by atoms with Crippen molar-refractivity contribution in [1.82, 2.24) is 19.5 Å². The molecule has 0 aromatic carbocycles. The van der Waals surface area contributed by atoms with Gasteiger partial charge in [0.15, 0.2) is 17.0 Å². The monoisotopic (exact) mass is 389 g/mol. The molecule has 1 aliphatic rings. The van der Waals surface area contributed by atoms with Gasteiger partial charge in [0, 0.05) is 0 Å². The molecule has 2 unspecified atom stereocenters. The molecule has 0 amide bonds. The molecule has 2 aromatic rings. The Kier molecular flexibility index (Phi) is 8.08. The predicted molar refractivity (Wildman–Crippen MR) is 92.1 cm³/mol. The van der Waals surface area contributed by atoms with Gasteiger partial charge in [-0.05, 0) is 12.8 Å². The fourth-order valence-electron chi connectivity index (χ4n) is 2.32. The molecular weight excluding hydrogens is 368 g/mol. The average Bonchev–Trinajstić information content (AvgIpc) is 3.22. The standard InChI is InChI=1S/C10H13FN5O5P.C2H6.C2H2/c11-10-14-8(12)7-9(15-10)16(4-13-7)6-2-1-5(21-6)3-20-22(17,18)19;2*1-2/h4-6H,1-3H2,(H2,12,14,15)(H2,17,18,19);1-2H3;1-2H. The highest BCUT2D eigenvalue weighted by atomic mass is 31.2. The molecule has 3 rings (SSSR count). The van der Waals surface area contributed by atoms with Crippen LogP contribution in [0.15, 0.2) is 6.33 Å². The van der Waals surface area contributed by atoms with E-state index in [0.29, 0.717) is 12.8 Å². The van der Waals surface area contributed by atoms with Gasteiger partial charge in [0.05, 0.1) is 19.0 Å². The number of anilines is 1. The van der Waals surface area contributed by atoms with E-state index in [9.17, 15) is 8.96 Å². The minimum atomic E-state index is -4.54. The lowest BCUT2D eigenvalue weighted by molar-refractivity contribution is -0.0205. The van der Waals surface area contributed by atoms with Gasteiger partial charge in [-0.1, -0.05) is 13.8 Å². The Hall–Kier alpha value is -2.09. The SMILES string of the molecule is C#C.CC.Nc1nc(F)nc2c1ncn2C1CCC(COP(=O)(O)O)O1. The van der Waals surface area contributed by atoms with Crippen LogP contribution in [0.4, 0.5) is 10.2 Å². The fourth-order valence-corrected chi connectivity index (χ4v) is 2.68. The van der Waals surface area contributed by atoms with E-state index in [1.165, 1.54) is 10.9 Å². The first-order valence-electron chi connectivity index (χ1n) is 7.68. The number of hydrogen-bond donors (Lipinski definition) is 3. The first-order valence-corrected chi connectivity index (χ1v) is 9.21. The third-order valence-corrected chi connectivity index (χ3v) is 3.73. The topological polar surface area (TPSA) is 146 Å². The summed E-state index contributed by atoms with van der Waals surface area (Å²) in [4.78, 5) is 28.4. The number of aromatic nitrogens is 4. The summed E-state index contributed by atoms with van der Waals surface area (Å²) < 4.78 is 35.5. The van der Waals surface area contributed by atoms with Crippen LogP contribution in [0.1, 0.15) is 32.9 Å². The number of ether oxygens (including phenoxy) is 1. The Morgan fingerprint density at radius 3 is 2.69 bits per heavy atom. The maximum atomic E-state index is 13.3. The van der Waals surface area contributed by atoms with Gasteiger partial charge in [-0.15, -0.1) is 12.8 Å². The molecule has 0 aliphatic carbocycles. The molecule has 1 aliphatic heterocycles. The summed E-state index contributed by atoms with van der Waals surface area (Å²) >= 11 is 0. The van der Waals surface area contributed by atoms with Gasteiger partial charge in [0.2, 0.25) is 0 Å². The van der Waals surface area contributed by atoms with Crippen LogP contribution in [-0.4, -0.2) is 42.0 Å². The average molecular weight is 389 g/mol. The minimum absolute atomic E-state index is 0.0689. The Morgan fingerprint density at radius 1 is 1.42 bits per heavy atom. The summed E-state index contributed by atoms with van der Waals surface area (Å²) in [5.41, 5.74) is 6.04. The van der Waals surface area contributed by atoms with Crippen LogP contribution < -0.4 is 5.73 Å². The number of nitrogens with zero attached hydrogens (tertiary/aromatic N) is 4. The number of fused-ring (bicyclic) bond motifs is 1. The fraction of sp³-hybridized carbons (Fsp3) is 0.500. The molecular formula is C14H21FN5O5P. The summed E-state index contributed by atoms with van der Waals surface area (Å²) in [6.07, 6.45) is 8.51. The normalized spacial score (nSPS) is 19.3. The van der Waals surface area contributed by atoms with E-state index in [1.807, 2.05) is 13.8 Å². The van der Waals surface area contributed by atoms with E-state index >= 15 is 0 Å². The van der Waals surface area contributed by atoms with Gasteiger partial charge in [-0.3, -0.25) is 9.09 Å². The number of phosphoric acid groups is 1. The number of nitrogens with two attached hydrogens (primary N) is 1. The van der Waals surface area contributed by atoms with Gasteiger partial charge in [0.1, 0.15) is 6.23 Å². The Morgan fingerprint density at radius 2 is 2.08 bits per heavy atom. The summed E-state index contributed by atoms with van der Waals surface area (Å²) in [7, 11) is -4.54. The first-order chi connectivity index (χ1) is 12.3. The van der Waals surface area contributed by atoms with Crippen molar-refractivity contribution in [2.75, 3.05) is 12.3 Å². The number of halogens is 1. The summed E-state index contributed by atoms with van der Waals surface area (Å²) in [5.74, 6) is -0.0689. The zero-order chi connectivity index (χ0) is 19.9. The first kappa shape index (κ1) is 22.0. The van der Waals surface area contributed by atoms with Crippen LogP contribution in [0, 0.1) is 18.9 Å². The van der Waals surface area contributed by atoms with Crippen molar-refractivity contribution in [3.05, 3.63) is 12.4 Å². The molecule has 144 valence electrons. The molecule has 3 heterocycles. The highest BCUT2D eigenvalue weighted by Crippen LogP contribution is 2.38. The number of hydrogen-bond acceptors (Lipinski definition) is 7. The highest BCUT2D eigenvalue weighted by Gasteiger charge is 2.30. The molecule has 0 bridgehead atoms. The van der Waals surface area contributed by atoms with Crippen LogP contribution in [-0.2, 0) is 13.8 Å². The number of phosphoric ester groups is 1. The molecule has 10 nitrogen and oxygen atoms in total. The number of nitrogen functional groups attached to an aromatic ring is 1. The van der Waals surface area contributed by atoms with Gasteiger partial charge in [-0.2, -0.15) is 14.4 Å². The third kappa shape index (κ3) is 5.45. The van der Waals surface area contributed by atoms with Gasteiger partial charge in [-0.25, -0.2) is 9.55 Å². The number of imidazole rings is 1. The van der Waals surface area contributed by atoms with Crippen molar-refractivity contribution in [3.8, 4) is 12.8 Å². The van der Waals surface area contributed by atoms with Gasteiger partial charge >= 0.3 is 13.9 Å². The second-order valence-corrected chi connectivity index (χ2v) is 6.02. The lowest BCUT2D eigenvalue weighted by atomic mass is 10.2. The zero-order valence-electron chi connectivity index (χ0n) is 14.3. The van der Waals surface area contributed by atoms with Crippen molar-refractivity contribution >= 4 is 24.8 Å². The van der Waals surface area contributed by atoms with E-state index in [-0.39, 0.29) is 23.6 Å². The molecule has 2 atom stereocenters. The summed E-state index contributed by atoms with van der Waals surface area (Å²) in [5, 5.41) is 0. The second kappa shape index (κ2) is 9.56. The molecule has 0 radical (unpaired) electrons. The van der Waals surface area contributed by atoms with Crippen LogP contribution in [0.3, 0.4) is 0 Å². The van der Waals surface area contributed by atoms with E-state index in [2.05, 4.69) is 32.3 Å². The minimum Gasteiger partial charge on any atom is -0.382 e. The quantitative estimate of drug-likeness (QED) is 0.403. The molecule has 0 saturated carbocycles. The van der Waals surface area contributed by atoms with Crippen molar-refractivity contribution in [2.24, 2.45) is 0 Å². The Balaban J connectivity index is 0.000000791. The van der Waals surface area contributed by atoms with Crippen LogP contribution >= 0.6 is 7.82 Å². The van der Waals surface area contributed by atoms with Crippen LogP contribution in [0.2, 0.25) is 0 Å². The predicted octanol–water partition coefficient (Wildman–Crippen LogP) is 1.61. The number of terminal acetylenes is 1. The second-order valence-electron chi connectivity index (χ2n) is 4.78. The van der Waals surface area contributed by atoms with Gasteiger partial charge in [0.25, 0.3) is 0 Å². The largest absolute Gasteiger partial charge is 0.469 e. The highest BCUT2D eigenvalue weighted by molar-refractivity contribution is 7.46. The number of rotatable bonds is 4. The molecule has 4 N–H and O–H groups in total. The smallest absolute Gasteiger partial charge is 0.382 e. The third-order valence-electron chi connectivity index (χ3n) is 3.25. The maximum Gasteiger partial charge on any atom is 0.469 e. The van der Waals surface area contributed by atoms with Crippen molar-refractivity contribution < 1.29 is 28.0 Å². The lowest BCUT2D eigenvalue weighted by Gasteiger charge is -2.15. The molecule has 1 fully saturated rings. The van der Waals surface area contributed by atoms with E-state index in [0.717, 1.165) is 0 Å². The van der Waals surface area contributed by atoms with E-state index in [4.69, 9.17) is 20.3 Å². The molecule has 12 heteroatoms. The van der Waals surface area contributed by atoms with Gasteiger partial charge < -0.3 is 20.3 Å². The Bertz CT molecular complexity index is 793. The molecule has 0 spiro atoms. The zero-order valence-corrected chi connectivity index (χ0v) is 15.2. The van der Waals surface area contributed by atoms with Crippen LogP contribution in [0.5, 0.6) is 0 Å². The summed E-state index contributed by atoms with van der Waals surface area (Å²) in [6.45, 7) is 3.76.